The van der Waals surface area contributed by atoms with Crippen LogP contribution in [0.25, 0.3) is 0 Å². The Bertz CT molecular complexity index is 1340. The predicted octanol–water partition coefficient (Wildman–Crippen LogP) is 6.51. The molecule has 0 aromatic heterocycles. The molecule has 0 aliphatic carbocycles. The molecular weight excluding hydrogens is 561 g/mol. The average Bonchev–Trinajstić information content (AvgIpc) is 3.09. The summed E-state index contributed by atoms with van der Waals surface area (Å²) in [4.78, 5) is 20.5. The van der Waals surface area contributed by atoms with E-state index in [4.69, 9.17) is 0 Å². The van der Waals surface area contributed by atoms with E-state index in [2.05, 4.69) is 24.3 Å². The Morgan fingerprint density at radius 1 is 0.571 bits per heavy atom. The molecule has 2 N–H and O–H groups in total. The average molecular weight is 599 g/mol. The van der Waals surface area contributed by atoms with Crippen LogP contribution in [0.2, 0.25) is 0 Å². The second-order valence-corrected chi connectivity index (χ2v) is 12.5. The molecule has 0 unspecified atom stereocenters. The molecule has 2 amide bonds. The number of aliphatic hydroxyl groups is 2. The predicted molar refractivity (Wildman–Crippen MR) is 173 cm³/mol. The highest BCUT2D eigenvalue weighted by atomic mass is 32.2. The van der Waals surface area contributed by atoms with Crippen LogP contribution in [0.1, 0.15) is 22.3 Å². The first kappa shape index (κ1) is 30.2. The summed E-state index contributed by atoms with van der Waals surface area (Å²) in [6, 6.07) is 34.7. The van der Waals surface area contributed by atoms with Crippen LogP contribution in [0, 0.1) is 0 Å². The van der Waals surface area contributed by atoms with Gasteiger partial charge >= 0.3 is 6.03 Å². The molecule has 218 valence electrons. The number of nitrogens with zero attached hydrogens (tertiary/aromatic N) is 2. The first-order valence-corrected chi connectivity index (χ1v) is 16.7. The van der Waals surface area contributed by atoms with Crippen molar-refractivity contribution in [3.63, 3.8) is 0 Å². The van der Waals surface area contributed by atoms with Crippen molar-refractivity contribution in [1.82, 2.24) is 9.80 Å². The molecule has 4 aromatic carbocycles. The van der Waals surface area contributed by atoms with Gasteiger partial charge in [-0.05, 0) is 71.9 Å². The fourth-order valence-electron chi connectivity index (χ4n) is 5.75. The van der Waals surface area contributed by atoms with Crippen molar-refractivity contribution in [2.45, 2.75) is 60.0 Å². The van der Waals surface area contributed by atoms with Crippen LogP contribution in [-0.4, -0.2) is 62.8 Å². The van der Waals surface area contributed by atoms with Crippen LogP contribution in [-0.2, 0) is 25.9 Å². The van der Waals surface area contributed by atoms with Gasteiger partial charge in [0, 0.05) is 22.9 Å². The number of thioether (sulfide) groups is 2. The minimum Gasteiger partial charge on any atom is -0.388 e. The monoisotopic (exact) mass is 598 g/mol. The summed E-state index contributed by atoms with van der Waals surface area (Å²) < 4.78 is 0. The normalized spacial score (nSPS) is 20.9. The molecule has 1 aliphatic rings. The van der Waals surface area contributed by atoms with E-state index < -0.39 is 24.3 Å². The lowest BCUT2D eigenvalue weighted by atomic mass is 9.91. The third-order valence-electron chi connectivity index (χ3n) is 7.98. The fourth-order valence-corrected chi connectivity index (χ4v) is 6.71. The molecule has 0 bridgehead atoms. The second-order valence-electron chi connectivity index (χ2n) is 10.7. The first-order chi connectivity index (χ1) is 20.5. The van der Waals surface area contributed by atoms with E-state index in [9.17, 15) is 15.0 Å². The summed E-state index contributed by atoms with van der Waals surface area (Å²) in [5.74, 6) is 0. The Morgan fingerprint density at radius 2 is 0.952 bits per heavy atom. The van der Waals surface area contributed by atoms with Crippen LogP contribution < -0.4 is 0 Å². The molecule has 0 spiro atoms. The number of aliphatic hydroxyl groups excluding tert-OH is 2. The number of amides is 2. The molecular formula is C35H38N2O3S2. The topological polar surface area (TPSA) is 64.0 Å². The lowest BCUT2D eigenvalue weighted by Crippen LogP contribution is -2.50. The van der Waals surface area contributed by atoms with E-state index in [0.717, 1.165) is 32.0 Å². The van der Waals surface area contributed by atoms with Gasteiger partial charge in [-0.2, -0.15) is 0 Å². The lowest BCUT2D eigenvalue weighted by molar-refractivity contribution is -0.0408. The summed E-state index contributed by atoms with van der Waals surface area (Å²) in [5, 5.41) is 23.8. The lowest BCUT2D eigenvalue weighted by Gasteiger charge is -2.36. The number of hydrogen-bond donors (Lipinski definition) is 2. The standard InChI is InChI=1S/C35H38N2O3S2/c1-41-29-17-9-15-27(19-29)21-31-33(38)34(39)32(22-28-16-10-18-30(20-28)42-2)37(24-26-13-7-4-8-14-26)35(40)36(31)23-25-11-5-3-6-12-25/h3-20,31-34,38-39H,21-24H2,1-2H3/t31-,32-,33+,34+/m1/s1. The van der Waals surface area contributed by atoms with E-state index >= 15 is 0 Å². The second kappa shape index (κ2) is 14.3. The highest BCUT2D eigenvalue weighted by molar-refractivity contribution is 7.98. The van der Waals surface area contributed by atoms with Crippen LogP contribution in [0.4, 0.5) is 4.79 Å². The van der Waals surface area contributed by atoms with Gasteiger partial charge in [0.15, 0.2) is 0 Å². The van der Waals surface area contributed by atoms with E-state index in [1.54, 1.807) is 33.3 Å². The third kappa shape index (κ3) is 7.21. The molecule has 5 nitrogen and oxygen atoms in total. The number of carbonyl (C=O) groups is 1. The van der Waals surface area contributed by atoms with Crippen molar-refractivity contribution in [1.29, 1.82) is 0 Å². The molecule has 1 aliphatic heterocycles. The van der Waals surface area contributed by atoms with Gasteiger partial charge in [0.05, 0.1) is 12.1 Å². The van der Waals surface area contributed by atoms with E-state index in [-0.39, 0.29) is 6.03 Å². The van der Waals surface area contributed by atoms with Crippen molar-refractivity contribution in [2.75, 3.05) is 12.5 Å². The van der Waals surface area contributed by atoms with Crippen molar-refractivity contribution in [3.05, 3.63) is 131 Å². The number of benzene rings is 4. The smallest absolute Gasteiger partial charge is 0.321 e. The van der Waals surface area contributed by atoms with Crippen molar-refractivity contribution >= 4 is 29.6 Å². The number of carbonyl (C=O) groups excluding carboxylic acids is 1. The largest absolute Gasteiger partial charge is 0.388 e. The minimum absolute atomic E-state index is 0.185. The maximum absolute atomic E-state index is 14.7. The molecule has 4 atom stereocenters. The Hall–Kier alpha value is -3.23. The molecule has 1 heterocycles. The van der Waals surface area contributed by atoms with Crippen molar-refractivity contribution in [2.24, 2.45) is 0 Å². The zero-order valence-electron chi connectivity index (χ0n) is 24.0. The molecule has 1 saturated heterocycles. The van der Waals surface area contributed by atoms with Crippen molar-refractivity contribution < 1.29 is 15.0 Å². The van der Waals surface area contributed by atoms with E-state index in [1.165, 1.54) is 0 Å². The molecule has 5 rings (SSSR count). The van der Waals surface area contributed by atoms with Gasteiger partial charge in [0.25, 0.3) is 0 Å². The Kier molecular flexibility index (Phi) is 10.3. The molecule has 0 radical (unpaired) electrons. The van der Waals surface area contributed by atoms with Gasteiger partial charge in [0.2, 0.25) is 0 Å². The Labute approximate surface area is 257 Å². The highest BCUT2D eigenvalue weighted by Crippen LogP contribution is 2.31. The highest BCUT2D eigenvalue weighted by Gasteiger charge is 2.46. The molecule has 42 heavy (non-hydrogen) atoms. The van der Waals surface area contributed by atoms with E-state index in [1.807, 2.05) is 97.4 Å². The summed E-state index contributed by atoms with van der Waals surface area (Å²) in [6.45, 7) is 0.659. The SMILES string of the molecule is CSc1cccc(C[C@@H]2[C@H](O)[C@@H](O)[C@@H](Cc3cccc(SC)c3)N(Cc3ccccc3)C(=O)N2Cc2ccccc2)c1. The zero-order chi connectivity index (χ0) is 29.5. The summed E-state index contributed by atoms with van der Waals surface area (Å²) >= 11 is 3.32. The number of urea groups is 1. The van der Waals surface area contributed by atoms with Gasteiger partial charge in [-0.25, -0.2) is 4.79 Å². The minimum atomic E-state index is -1.15. The van der Waals surface area contributed by atoms with Gasteiger partial charge in [0.1, 0.15) is 12.2 Å². The first-order valence-electron chi connectivity index (χ1n) is 14.2. The fraction of sp³-hybridized carbons (Fsp3) is 0.286. The molecule has 0 saturated carbocycles. The van der Waals surface area contributed by atoms with Crippen LogP contribution in [0.15, 0.2) is 119 Å². The zero-order valence-corrected chi connectivity index (χ0v) is 25.7. The Balaban J connectivity index is 1.58. The van der Waals surface area contributed by atoms with Gasteiger partial charge in [-0.1, -0.05) is 84.9 Å². The van der Waals surface area contributed by atoms with Crippen LogP contribution >= 0.6 is 23.5 Å². The maximum Gasteiger partial charge on any atom is 0.321 e. The molecule has 1 fully saturated rings. The Morgan fingerprint density at radius 3 is 1.33 bits per heavy atom. The van der Waals surface area contributed by atoms with E-state index in [0.29, 0.717) is 25.9 Å². The summed E-state index contributed by atoms with van der Waals surface area (Å²) in [7, 11) is 0. The number of rotatable bonds is 10. The van der Waals surface area contributed by atoms with Gasteiger partial charge < -0.3 is 20.0 Å². The molecule has 7 heteroatoms. The maximum atomic E-state index is 14.7. The quantitative estimate of drug-likeness (QED) is 0.204. The summed E-state index contributed by atoms with van der Waals surface area (Å²) in [6.07, 6.45) is 2.63. The number of hydrogen-bond acceptors (Lipinski definition) is 5. The van der Waals surface area contributed by atoms with Gasteiger partial charge in [-0.3, -0.25) is 0 Å². The van der Waals surface area contributed by atoms with Crippen LogP contribution in [0.5, 0.6) is 0 Å². The summed E-state index contributed by atoms with van der Waals surface area (Å²) in [5.41, 5.74) is 3.98. The molecule has 4 aromatic rings. The van der Waals surface area contributed by atoms with Crippen LogP contribution in [0.3, 0.4) is 0 Å². The van der Waals surface area contributed by atoms with Crippen molar-refractivity contribution in [3.8, 4) is 0 Å². The third-order valence-corrected chi connectivity index (χ3v) is 9.43. The van der Waals surface area contributed by atoms with Gasteiger partial charge in [-0.15, -0.1) is 23.5 Å².